The standard InChI is InChI=1S/C23H13F17O2/c24-16(25,11-10-15(41)42-14-8-6-13(7-9-14)12-4-2-1-3-5-12)17(26,27)18(28,29)19(30,31)20(32,33)21(34,35)22(36,37)23(38,39)40/h1-9H,10-11H2. The van der Waals surface area contributed by atoms with Crippen molar-refractivity contribution in [3.8, 4) is 16.9 Å². The highest BCUT2D eigenvalue weighted by Gasteiger charge is 2.95. The predicted molar refractivity (Wildman–Crippen MR) is 107 cm³/mol. The van der Waals surface area contributed by atoms with Crippen molar-refractivity contribution in [3.63, 3.8) is 0 Å². The number of alkyl halides is 17. The van der Waals surface area contributed by atoms with Crippen molar-refractivity contribution in [1.29, 1.82) is 0 Å². The highest BCUT2D eigenvalue weighted by Crippen LogP contribution is 2.64. The van der Waals surface area contributed by atoms with E-state index in [-0.39, 0.29) is 0 Å². The van der Waals surface area contributed by atoms with Gasteiger partial charge in [-0.2, -0.15) is 74.6 Å². The summed E-state index contributed by atoms with van der Waals surface area (Å²) in [6.07, 6.45) is -12.7. The molecule has 42 heavy (non-hydrogen) atoms. The van der Waals surface area contributed by atoms with Crippen molar-refractivity contribution >= 4 is 5.97 Å². The molecule has 0 aliphatic heterocycles. The van der Waals surface area contributed by atoms with Crippen LogP contribution >= 0.6 is 0 Å². The summed E-state index contributed by atoms with van der Waals surface area (Å²) >= 11 is 0. The molecule has 0 aromatic heterocycles. The smallest absolute Gasteiger partial charge is 0.427 e. The van der Waals surface area contributed by atoms with Gasteiger partial charge in [0.1, 0.15) is 5.75 Å². The molecule has 0 atom stereocenters. The molecule has 19 heteroatoms. The van der Waals surface area contributed by atoms with E-state index in [1.54, 1.807) is 30.3 Å². The van der Waals surface area contributed by atoms with Crippen LogP contribution in [0, 0.1) is 0 Å². The largest absolute Gasteiger partial charge is 0.460 e. The van der Waals surface area contributed by atoms with E-state index >= 15 is 0 Å². The van der Waals surface area contributed by atoms with Gasteiger partial charge in [-0.05, 0) is 23.3 Å². The van der Waals surface area contributed by atoms with Crippen molar-refractivity contribution in [3.05, 3.63) is 54.6 Å². The lowest BCUT2D eigenvalue weighted by atomic mass is 9.88. The molecule has 0 saturated heterocycles. The Labute approximate surface area is 223 Å². The number of halogens is 17. The molecule has 0 unspecified atom stereocenters. The van der Waals surface area contributed by atoms with Gasteiger partial charge in [-0.25, -0.2) is 0 Å². The van der Waals surface area contributed by atoms with E-state index < -0.39 is 72.2 Å². The Morgan fingerprint density at radius 1 is 0.500 bits per heavy atom. The normalized spacial score (nSPS) is 14.6. The molecule has 2 aromatic carbocycles. The van der Waals surface area contributed by atoms with Crippen LogP contribution in [0.25, 0.3) is 11.1 Å². The van der Waals surface area contributed by atoms with Crippen LogP contribution in [0.2, 0.25) is 0 Å². The Hall–Kier alpha value is -3.28. The Morgan fingerprint density at radius 2 is 0.881 bits per heavy atom. The fourth-order valence-electron chi connectivity index (χ4n) is 3.14. The van der Waals surface area contributed by atoms with Crippen LogP contribution in [-0.2, 0) is 4.79 Å². The fraction of sp³-hybridized carbons (Fsp3) is 0.435. The van der Waals surface area contributed by atoms with Gasteiger partial charge in [0.2, 0.25) is 0 Å². The van der Waals surface area contributed by atoms with Crippen molar-refractivity contribution in [2.75, 3.05) is 0 Å². The summed E-state index contributed by atoms with van der Waals surface area (Å²) < 4.78 is 230. The monoisotopic (exact) mass is 644 g/mol. The molecule has 0 amide bonds. The number of carbonyl (C=O) groups excluding carboxylic acids is 1. The van der Waals surface area contributed by atoms with Crippen LogP contribution < -0.4 is 4.74 Å². The molecule has 2 nitrogen and oxygen atoms in total. The predicted octanol–water partition coefficient (Wildman–Crippen LogP) is 9.05. The number of benzene rings is 2. The maximum Gasteiger partial charge on any atom is 0.460 e. The molecule has 2 rings (SSSR count). The molecule has 0 bridgehead atoms. The van der Waals surface area contributed by atoms with Gasteiger partial charge in [0.25, 0.3) is 0 Å². The van der Waals surface area contributed by atoms with E-state index in [2.05, 4.69) is 4.74 Å². The molecular weight excluding hydrogens is 631 g/mol. The zero-order valence-corrected chi connectivity index (χ0v) is 19.9. The Morgan fingerprint density at radius 3 is 1.31 bits per heavy atom. The minimum atomic E-state index is -8.70. The molecule has 0 aliphatic rings. The molecule has 0 aliphatic carbocycles. The first-order valence-corrected chi connectivity index (χ1v) is 10.8. The average Bonchev–Trinajstić information content (AvgIpc) is 2.87. The molecule has 236 valence electrons. The topological polar surface area (TPSA) is 26.3 Å². The van der Waals surface area contributed by atoms with Crippen LogP contribution in [-0.4, -0.2) is 53.6 Å². The summed E-state index contributed by atoms with van der Waals surface area (Å²) in [6.45, 7) is 0. The summed E-state index contributed by atoms with van der Waals surface area (Å²) in [5.74, 6) is -59.4. The van der Waals surface area contributed by atoms with E-state index in [1.807, 2.05) is 0 Å². The molecule has 0 saturated carbocycles. The third-order valence-electron chi connectivity index (χ3n) is 5.62. The van der Waals surface area contributed by atoms with E-state index in [0.29, 0.717) is 11.1 Å². The quantitative estimate of drug-likeness (QED) is 0.139. The maximum atomic E-state index is 13.9. The van der Waals surface area contributed by atoms with Gasteiger partial charge in [0.15, 0.2) is 0 Å². The summed E-state index contributed by atoms with van der Waals surface area (Å²) in [6, 6.07) is 12.9. The molecule has 0 spiro atoms. The number of hydrogen-bond donors (Lipinski definition) is 0. The summed E-state index contributed by atoms with van der Waals surface area (Å²) in [7, 11) is 0. The second-order valence-corrected chi connectivity index (χ2v) is 8.51. The van der Waals surface area contributed by atoms with Crippen LogP contribution in [0.1, 0.15) is 12.8 Å². The third kappa shape index (κ3) is 5.57. The first kappa shape index (κ1) is 34.9. The highest BCUT2D eigenvalue weighted by atomic mass is 19.4. The van der Waals surface area contributed by atoms with E-state index in [0.717, 1.165) is 12.1 Å². The Balaban J connectivity index is 2.25. The van der Waals surface area contributed by atoms with E-state index in [9.17, 15) is 79.4 Å². The lowest BCUT2D eigenvalue weighted by molar-refractivity contribution is -0.461. The Bertz CT molecular complexity index is 1240. The van der Waals surface area contributed by atoms with Crippen molar-refractivity contribution < 1.29 is 84.2 Å². The number of hydrogen-bond acceptors (Lipinski definition) is 2. The number of esters is 1. The van der Waals surface area contributed by atoms with Gasteiger partial charge in [-0.1, -0.05) is 42.5 Å². The Kier molecular flexibility index (Phi) is 8.95. The highest BCUT2D eigenvalue weighted by molar-refractivity contribution is 5.73. The number of carbonyl (C=O) groups is 1. The van der Waals surface area contributed by atoms with Crippen LogP contribution in [0.4, 0.5) is 74.6 Å². The minimum Gasteiger partial charge on any atom is -0.427 e. The maximum absolute atomic E-state index is 13.9. The minimum absolute atomic E-state index is 0.445. The SMILES string of the molecule is O=C(CCC(F)(F)C(F)(F)C(F)(F)C(F)(F)C(F)(F)C(F)(F)C(F)(F)C(F)(F)F)Oc1ccc(-c2ccccc2)cc1. The summed E-state index contributed by atoms with van der Waals surface area (Å²) in [4.78, 5) is 11.7. The van der Waals surface area contributed by atoms with E-state index in [1.165, 1.54) is 12.1 Å². The van der Waals surface area contributed by atoms with Gasteiger partial charge < -0.3 is 4.74 Å². The number of ether oxygens (including phenoxy) is 1. The van der Waals surface area contributed by atoms with Gasteiger partial charge in [0.05, 0.1) is 6.42 Å². The number of rotatable bonds is 11. The van der Waals surface area contributed by atoms with Crippen molar-refractivity contribution in [1.82, 2.24) is 0 Å². The molecule has 0 N–H and O–H groups in total. The van der Waals surface area contributed by atoms with Gasteiger partial charge >= 0.3 is 53.6 Å². The van der Waals surface area contributed by atoms with Gasteiger partial charge in [0, 0.05) is 6.42 Å². The zero-order valence-electron chi connectivity index (χ0n) is 19.9. The van der Waals surface area contributed by atoms with Crippen LogP contribution in [0.5, 0.6) is 5.75 Å². The second kappa shape index (κ2) is 10.8. The molecular formula is C23H13F17O2. The fourth-order valence-corrected chi connectivity index (χ4v) is 3.14. The molecule has 0 fully saturated rings. The first-order chi connectivity index (χ1) is 18.7. The van der Waals surface area contributed by atoms with Gasteiger partial charge in [-0.15, -0.1) is 0 Å². The van der Waals surface area contributed by atoms with Crippen molar-refractivity contribution in [2.45, 2.75) is 60.5 Å². The summed E-state index contributed by atoms with van der Waals surface area (Å²) in [5.41, 5.74) is 1.15. The van der Waals surface area contributed by atoms with E-state index in [4.69, 9.17) is 0 Å². The first-order valence-electron chi connectivity index (χ1n) is 10.8. The van der Waals surface area contributed by atoms with Crippen LogP contribution in [0.15, 0.2) is 54.6 Å². The second-order valence-electron chi connectivity index (χ2n) is 8.51. The average molecular weight is 644 g/mol. The molecule has 2 aromatic rings. The lowest BCUT2D eigenvalue weighted by Crippen LogP contribution is -2.74. The molecule has 0 radical (unpaired) electrons. The van der Waals surface area contributed by atoms with Gasteiger partial charge in [-0.3, -0.25) is 4.79 Å². The van der Waals surface area contributed by atoms with Crippen molar-refractivity contribution in [2.24, 2.45) is 0 Å². The lowest BCUT2D eigenvalue weighted by Gasteiger charge is -2.42. The zero-order chi connectivity index (χ0) is 32.8. The van der Waals surface area contributed by atoms with Crippen LogP contribution in [0.3, 0.4) is 0 Å². The third-order valence-corrected chi connectivity index (χ3v) is 5.62. The molecule has 0 heterocycles. The summed E-state index contributed by atoms with van der Waals surface area (Å²) in [5, 5.41) is 0.